The molecule has 0 aromatic rings. The Hall–Kier alpha value is -0.700. The van der Waals surface area contributed by atoms with E-state index in [1.165, 1.54) is 0 Å². The molecule has 2 N–H and O–H groups in total. The number of rotatable bonds is 8. The molecule has 0 saturated heterocycles. The van der Waals surface area contributed by atoms with Gasteiger partial charge in [0.1, 0.15) is 11.6 Å². The lowest BCUT2D eigenvalue weighted by atomic mass is 9.74. The van der Waals surface area contributed by atoms with Crippen molar-refractivity contribution in [2.75, 3.05) is 6.54 Å². The molecule has 0 radical (unpaired) electrons. The molecule has 2 atom stereocenters. The standard InChI is InChI=1S/C15H31NO.C12H24O.2CH4/c1-14(2,3)11-12(9-7-8-10-16)13(17)15(4,5)6;1-9(8-11(2,3)4)10(13)12(5,6)7;;/h12H,7-11,16H2,1-6H3;9H,8H2,1-7H3;2*1H4/t12-;9-;;/m11../s1. The Bertz CT molecular complexity index is 507. The average molecular weight is 458 g/mol. The SMILES string of the molecule is C.C.CC(C)(C)C[C@@H](CCCCN)C(=O)C(C)(C)C.C[C@H](CC(C)(C)C)C(=O)C(C)(C)C. The Kier molecular flexibility index (Phi) is 18.4. The molecule has 0 bridgehead atoms. The van der Waals surface area contributed by atoms with Crippen LogP contribution in [0.1, 0.15) is 137 Å². The van der Waals surface area contributed by atoms with Crippen molar-refractivity contribution in [1.29, 1.82) is 0 Å². The highest BCUT2D eigenvalue weighted by Gasteiger charge is 2.32. The van der Waals surface area contributed by atoms with Gasteiger partial charge in [-0.1, -0.05) is 111 Å². The van der Waals surface area contributed by atoms with Crippen LogP contribution in [0.15, 0.2) is 0 Å². The number of unbranched alkanes of at least 4 members (excludes halogenated alkanes) is 1. The Labute approximate surface area is 204 Å². The average Bonchev–Trinajstić information content (AvgIpc) is 2.48. The lowest BCUT2D eigenvalue weighted by molar-refractivity contribution is -0.132. The van der Waals surface area contributed by atoms with Crippen molar-refractivity contribution in [2.24, 2.45) is 39.2 Å². The van der Waals surface area contributed by atoms with E-state index in [0.29, 0.717) is 11.6 Å². The Balaban J connectivity index is -0.000000238. The maximum absolute atomic E-state index is 12.4. The first-order valence-electron chi connectivity index (χ1n) is 11.9. The van der Waals surface area contributed by atoms with Gasteiger partial charge in [0, 0.05) is 22.7 Å². The van der Waals surface area contributed by atoms with E-state index < -0.39 is 0 Å². The molecule has 196 valence electrons. The molecular weight excluding hydrogens is 394 g/mol. The largest absolute Gasteiger partial charge is 0.330 e. The van der Waals surface area contributed by atoms with E-state index in [4.69, 9.17) is 5.73 Å². The summed E-state index contributed by atoms with van der Waals surface area (Å²) in [5, 5.41) is 0. The van der Waals surface area contributed by atoms with Gasteiger partial charge in [-0.2, -0.15) is 0 Å². The van der Waals surface area contributed by atoms with E-state index in [1.54, 1.807) is 0 Å². The van der Waals surface area contributed by atoms with Crippen molar-refractivity contribution in [2.45, 2.75) is 137 Å². The second kappa shape index (κ2) is 15.3. The van der Waals surface area contributed by atoms with E-state index in [0.717, 1.165) is 38.6 Å². The van der Waals surface area contributed by atoms with E-state index in [2.05, 4.69) is 41.5 Å². The third kappa shape index (κ3) is 19.9. The van der Waals surface area contributed by atoms with Crippen LogP contribution in [0.4, 0.5) is 0 Å². The minimum Gasteiger partial charge on any atom is -0.330 e. The highest BCUT2D eigenvalue weighted by molar-refractivity contribution is 5.86. The zero-order valence-electron chi connectivity index (χ0n) is 22.8. The molecule has 3 heteroatoms. The summed E-state index contributed by atoms with van der Waals surface area (Å²) in [6, 6.07) is 0. The Morgan fingerprint density at radius 2 is 1.03 bits per heavy atom. The van der Waals surface area contributed by atoms with Gasteiger partial charge in [-0.25, -0.2) is 0 Å². The van der Waals surface area contributed by atoms with Gasteiger partial charge in [0.2, 0.25) is 0 Å². The van der Waals surface area contributed by atoms with Gasteiger partial charge in [0.15, 0.2) is 0 Å². The van der Waals surface area contributed by atoms with Crippen molar-refractivity contribution < 1.29 is 9.59 Å². The summed E-state index contributed by atoms with van der Waals surface area (Å²) in [7, 11) is 0. The van der Waals surface area contributed by atoms with Crippen LogP contribution in [0.5, 0.6) is 0 Å². The molecular formula is C29H63NO2. The zero-order valence-corrected chi connectivity index (χ0v) is 22.8. The Morgan fingerprint density at radius 3 is 1.31 bits per heavy atom. The summed E-state index contributed by atoms with van der Waals surface area (Å²) in [5.41, 5.74) is 5.57. The van der Waals surface area contributed by atoms with Crippen molar-refractivity contribution >= 4 is 11.6 Å². The zero-order chi connectivity index (χ0) is 24.6. The molecule has 0 aliphatic rings. The van der Waals surface area contributed by atoms with Crippen LogP contribution in [0.2, 0.25) is 0 Å². The molecule has 32 heavy (non-hydrogen) atoms. The number of ketones is 2. The smallest absolute Gasteiger partial charge is 0.141 e. The lowest BCUT2D eigenvalue weighted by Crippen LogP contribution is -2.31. The van der Waals surface area contributed by atoms with Gasteiger partial charge in [-0.15, -0.1) is 0 Å². The second-order valence-electron chi connectivity index (χ2n) is 13.6. The van der Waals surface area contributed by atoms with E-state index in [9.17, 15) is 9.59 Å². The van der Waals surface area contributed by atoms with Crippen molar-refractivity contribution in [3.05, 3.63) is 0 Å². The first-order valence-corrected chi connectivity index (χ1v) is 11.9. The maximum atomic E-state index is 12.4. The van der Waals surface area contributed by atoms with E-state index >= 15 is 0 Å². The van der Waals surface area contributed by atoms with Crippen LogP contribution < -0.4 is 5.73 Å². The minimum atomic E-state index is -0.224. The Morgan fingerprint density at radius 1 is 0.656 bits per heavy atom. The van der Waals surface area contributed by atoms with Crippen LogP contribution >= 0.6 is 0 Å². The van der Waals surface area contributed by atoms with Crippen LogP contribution in [0.3, 0.4) is 0 Å². The number of hydrogen-bond acceptors (Lipinski definition) is 3. The molecule has 0 amide bonds. The number of nitrogens with two attached hydrogens (primary N) is 1. The van der Waals surface area contributed by atoms with E-state index in [-0.39, 0.29) is 48.3 Å². The molecule has 0 aliphatic carbocycles. The summed E-state index contributed by atoms with van der Waals surface area (Å²) >= 11 is 0. The molecule has 0 rings (SSSR count). The molecule has 3 nitrogen and oxygen atoms in total. The van der Waals surface area contributed by atoms with Crippen molar-refractivity contribution in [1.82, 2.24) is 0 Å². The van der Waals surface area contributed by atoms with Crippen LogP contribution in [0.25, 0.3) is 0 Å². The van der Waals surface area contributed by atoms with Crippen LogP contribution in [0, 0.1) is 33.5 Å². The van der Waals surface area contributed by atoms with Gasteiger partial charge in [0.25, 0.3) is 0 Å². The molecule has 0 aliphatic heterocycles. The summed E-state index contributed by atoms with van der Waals surface area (Å²) in [6.45, 7) is 28.0. The summed E-state index contributed by atoms with van der Waals surface area (Å²) in [6.07, 6.45) is 5.04. The fourth-order valence-corrected chi connectivity index (χ4v) is 3.96. The second-order valence-corrected chi connectivity index (χ2v) is 13.6. The van der Waals surface area contributed by atoms with Crippen LogP contribution in [-0.4, -0.2) is 18.1 Å². The van der Waals surface area contributed by atoms with E-state index in [1.807, 2.05) is 48.5 Å². The third-order valence-electron chi connectivity index (χ3n) is 5.08. The van der Waals surface area contributed by atoms with Crippen molar-refractivity contribution in [3.63, 3.8) is 0 Å². The molecule has 0 unspecified atom stereocenters. The molecule has 0 aromatic heterocycles. The number of Topliss-reactive ketones (excluding diaryl/α,β-unsaturated/α-hetero) is 2. The van der Waals surface area contributed by atoms with Gasteiger partial charge in [-0.3, -0.25) is 9.59 Å². The molecule has 0 aromatic carbocycles. The van der Waals surface area contributed by atoms with Crippen LogP contribution in [-0.2, 0) is 9.59 Å². The molecule has 0 spiro atoms. The van der Waals surface area contributed by atoms with Crippen molar-refractivity contribution in [3.8, 4) is 0 Å². The lowest BCUT2D eigenvalue weighted by Gasteiger charge is -2.30. The predicted molar refractivity (Wildman–Crippen MR) is 146 cm³/mol. The highest BCUT2D eigenvalue weighted by Crippen LogP contribution is 2.33. The summed E-state index contributed by atoms with van der Waals surface area (Å²) in [4.78, 5) is 24.2. The predicted octanol–water partition coefficient (Wildman–Crippen LogP) is 8.73. The first-order chi connectivity index (χ1) is 13.1. The topological polar surface area (TPSA) is 60.2 Å². The minimum absolute atomic E-state index is 0. The fourth-order valence-electron chi connectivity index (χ4n) is 3.96. The quantitative estimate of drug-likeness (QED) is 0.370. The fraction of sp³-hybridized carbons (Fsp3) is 0.931. The summed E-state index contributed by atoms with van der Waals surface area (Å²) in [5.74, 6) is 1.16. The normalized spacial score (nSPS) is 14.2. The number of hydrogen-bond donors (Lipinski definition) is 1. The first kappa shape index (κ1) is 38.6. The molecule has 0 saturated carbocycles. The molecule has 0 fully saturated rings. The number of carbonyl (C=O) groups is 2. The van der Waals surface area contributed by atoms with Gasteiger partial charge in [0.05, 0.1) is 0 Å². The summed E-state index contributed by atoms with van der Waals surface area (Å²) < 4.78 is 0. The van der Waals surface area contributed by atoms with Gasteiger partial charge >= 0.3 is 0 Å². The third-order valence-corrected chi connectivity index (χ3v) is 5.08. The van der Waals surface area contributed by atoms with Gasteiger partial charge in [-0.05, 0) is 43.1 Å². The highest BCUT2D eigenvalue weighted by atomic mass is 16.1. The maximum Gasteiger partial charge on any atom is 0.141 e. The number of carbonyl (C=O) groups excluding carboxylic acids is 2. The van der Waals surface area contributed by atoms with Gasteiger partial charge < -0.3 is 5.73 Å². The molecule has 0 heterocycles. The monoisotopic (exact) mass is 457 g/mol.